The smallest absolute Gasteiger partial charge is 0.0716 e. The molecule has 0 aromatic carbocycles. The molecule has 146 valence electrons. The molecule has 4 unspecified atom stereocenters. The summed E-state index contributed by atoms with van der Waals surface area (Å²) in [4.78, 5) is 6.15. The second kappa shape index (κ2) is 9.92. The number of aliphatic imine (C=N–C) groups is 1. The van der Waals surface area contributed by atoms with Gasteiger partial charge in [0.1, 0.15) is 0 Å². The fourth-order valence-electron chi connectivity index (χ4n) is 3.30. The number of thioether (sulfide) groups is 1. The van der Waals surface area contributed by atoms with Gasteiger partial charge in [-0.15, -0.1) is 0 Å². The Labute approximate surface area is 165 Å². The van der Waals surface area contributed by atoms with Crippen LogP contribution in [0.5, 0.6) is 0 Å². The van der Waals surface area contributed by atoms with E-state index in [0.29, 0.717) is 29.6 Å². The van der Waals surface area contributed by atoms with Crippen molar-refractivity contribution in [2.24, 2.45) is 40.5 Å². The third-order valence-electron chi connectivity index (χ3n) is 5.81. The molecule has 0 amide bonds. The van der Waals surface area contributed by atoms with Gasteiger partial charge in [0.25, 0.3) is 0 Å². The molecule has 3 heteroatoms. The number of hydrogen-bond donors (Lipinski definition) is 1. The minimum absolute atomic E-state index is 0.308. The van der Waals surface area contributed by atoms with Gasteiger partial charge >= 0.3 is 0 Å². The first-order chi connectivity index (χ1) is 12.3. The maximum atomic E-state index is 8.60. The molecule has 26 heavy (non-hydrogen) atoms. The van der Waals surface area contributed by atoms with Gasteiger partial charge in [-0.2, -0.15) is 0 Å². The molecule has 1 aliphatic carbocycles. The molecule has 0 spiro atoms. The number of allylic oxidation sites excluding steroid dienone is 4. The summed E-state index contributed by atoms with van der Waals surface area (Å²) in [6.07, 6.45) is 13.4. The third-order valence-corrected chi connectivity index (χ3v) is 7.05. The van der Waals surface area contributed by atoms with Gasteiger partial charge < -0.3 is 0 Å². The van der Waals surface area contributed by atoms with E-state index in [9.17, 15) is 0 Å². The van der Waals surface area contributed by atoms with E-state index in [1.165, 1.54) is 42.7 Å². The summed E-state index contributed by atoms with van der Waals surface area (Å²) in [7, 11) is 0. The second-order valence-corrected chi connectivity index (χ2v) is 9.83. The molecule has 1 fully saturated rings. The predicted molar refractivity (Wildman–Crippen MR) is 118 cm³/mol. The minimum Gasteiger partial charge on any atom is -0.298 e. The van der Waals surface area contributed by atoms with Crippen LogP contribution in [0.1, 0.15) is 73.6 Å². The highest BCUT2D eigenvalue weighted by atomic mass is 32.2. The molecule has 0 bridgehead atoms. The van der Waals surface area contributed by atoms with Crippen molar-refractivity contribution >= 4 is 23.0 Å². The summed E-state index contributed by atoms with van der Waals surface area (Å²) in [5, 5.41) is 9.40. The van der Waals surface area contributed by atoms with Gasteiger partial charge in [-0.3, -0.25) is 10.4 Å². The molecule has 0 radical (unpaired) electrons. The number of unbranched alkanes of at least 4 members (excludes halogenated alkanes) is 1. The Morgan fingerprint density at radius 2 is 2.00 bits per heavy atom. The van der Waals surface area contributed by atoms with Gasteiger partial charge in [0.05, 0.1) is 5.04 Å². The SMILES string of the molecule is CCCCC(C)/C=C(/SC(=N)C(C)C(C)C)C1C=NC(C2CC2)=CC1C. The molecule has 1 aliphatic heterocycles. The molecule has 2 rings (SSSR count). The van der Waals surface area contributed by atoms with Crippen LogP contribution in [0.25, 0.3) is 0 Å². The van der Waals surface area contributed by atoms with E-state index in [1.54, 1.807) is 11.8 Å². The summed E-state index contributed by atoms with van der Waals surface area (Å²) in [6.45, 7) is 13.5. The van der Waals surface area contributed by atoms with Crippen LogP contribution < -0.4 is 0 Å². The molecule has 4 atom stereocenters. The average molecular weight is 375 g/mol. The largest absolute Gasteiger partial charge is 0.298 e. The second-order valence-electron chi connectivity index (χ2n) is 8.72. The Balaban J connectivity index is 2.16. The number of nitrogens with zero attached hydrogens (tertiary/aromatic N) is 1. The van der Waals surface area contributed by atoms with Crippen LogP contribution in [-0.4, -0.2) is 11.3 Å². The normalized spacial score (nSPS) is 26.0. The highest BCUT2D eigenvalue weighted by Crippen LogP contribution is 2.42. The van der Waals surface area contributed by atoms with E-state index in [0.717, 1.165) is 11.0 Å². The molecular weight excluding hydrogens is 336 g/mol. The van der Waals surface area contributed by atoms with Gasteiger partial charge in [0.15, 0.2) is 0 Å². The van der Waals surface area contributed by atoms with Crippen LogP contribution in [-0.2, 0) is 0 Å². The van der Waals surface area contributed by atoms with Gasteiger partial charge in [0.2, 0.25) is 0 Å². The molecule has 0 saturated heterocycles. The van der Waals surface area contributed by atoms with Crippen molar-refractivity contribution < 1.29 is 0 Å². The van der Waals surface area contributed by atoms with Crippen LogP contribution in [0.4, 0.5) is 0 Å². The molecule has 1 heterocycles. The van der Waals surface area contributed by atoms with Crippen molar-refractivity contribution in [1.29, 1.82) is 5.41 Å². The van der Waals surface area contributed by atoms with Crippen LogP contribution in [0, 0.1) is 40.9 Å². The lowest BCUT2D eigenvalue weighted by Crippen LogP contribution is -2.20. The van der Waals surface area contributed by atoms with Crippen molar-refractivity contribution in [2.45, 2.75) is 73.6 Å². The molecule has 2 nitrogen and oxygen atoms in total. The summed E-state index contributed by atoms with van der Waals surface area (Å²) in [6, 6.07) is 0. The number of rotatable bonds is 9. The zero-order valence-corrected chi connectivity index (χ0v) is 18.4. The Morgan fingerprint density at radius 1 is 1.31 bits per heavy atom. The zero-order chi connectivity index (χ0) is 19.3. The summed E-state index contributed by atoms with van der Waals surface area (Å²) < 4.78 is 0. The molecule has 0 aromatic rings. The van der Waals surface area contributed by atoms with E-state index < -0.39 is 0 Å². The van der Waals surface area contributed by atoms with Crippen molar-refractivity contribution in [3.05, 3.63) is 22.8 Å². The topological polar surface area (TPSA) is 36.2 Å². The van der Waals surface area contributed by atoms with Crippen molar-refractivity contribution in [3.63, 3.8) is 0 Å². The summed E-state index contributed by atoms with van der Waals surface area (Å²) >= 11 is 1.70. The van der Waals surface area contributed by atoms with Gasteiger partial charge in [-0.1, -0.05) is 78.3 Å². The lowest BCUT2D eigenvalue weighted by atomic mass is 9.89. The Hall–Kier alpha value is -0.830. The van der Waals surface area contributed by atoms with Crippen LogP contribution in [0.15, 0.2) is 27.7 Å². The number of hydrogen-bond acceptors (Lipinski definition) is 3. The fraction of sp³-hybridized carbons (Fsp3) is 0.739. The molecule has 1 saturated carbocycles. The highest BCUT2D eigenvalue weighted by molar-refractivity contribution is 8.17. The first-order valence-electron chi connectivity index (χ1n) is 10.6. The van der Waals surface area contributed by atoms with Crippen molar-refractivity contribution in [2.75, 3.05) is 0 Å². The lowest BCUT2D eigenvalue weighted by Gasteiger charge is -2.27. The van der Waals surface area contributed by atoms with Gasteiger partial charge in [0, 0.05) is 29.7 Å². The fourth-order valence-corrected chi connectivity index (χ4v) is 4.72. The predicted octanol–water partition coefficient (Wildman–Crippen LogP) is 7.33. The van der Waals surface area contributed by atoms with E-state index in [4.69, 9.17) is 10.4 Å². The van der Waals surface area contributed by atoms with Gasteiger partial charge in [-0.05, 0) is 41.9 Å². The maximum absolute atomic E-state index is 8.60. The van der Waals surface area contributed by atoms with E-state index in [1.807, 2.05) is 0 Å². The van der Waals surface area contributed by atoms with Crippen LogP contribution >= 0.6 is 11.8 Å². The lowest BCUT2D eigenvalue weighted by molar-refractivity contribution is 0.536. The first kappa shape index (κ1) is 21.5. The Kier molecular flexibility index (Phi) is 8.19. The summed E-state index contributed by atoms with van der Waals surface area (Å²) in [5.41, 5.74) is 1.31. The molecule has 2 aliphatic rings. The average Bonchev–Trinajstić information content (AvgIpc) is 3.43. The molecular formula is C23H38N2S. The standard InChI is InChI=1S/C23H38N2S/c1-7-8-9-16(4)12-22(26-23(24)18(6)15(2)3)20-14-25-21(13-17(20)5)19-10-11-19/h12-20,24H,7-11H2,1-6H3/b22-12+,24-23?. The Bertz CT molecular complexity index is 569. The Morgan fingerprint density at radius 3 is 2.54 bits per heavy atom. The van der Waals surface area contributed by atoms with Crippen LogP contribution in [0.3, 0.4) is 0 Å². The molecule has 1 N–H and O–H groups in total. The van der Waals surface area contributed by atoms with Crippen molar-refractivity contribution in [3.8, 4) is 0 Å². The monoisotopic (exact) mass is 374 g/mol. The van der Waals surface area contributed by atoms with E-state index in [-0.39, 0.29) is 0 Å². The zero-order valence-electron chi connectivity index (χ0n) is 17.6. The van der Waals surface area contributed by atoms with Gasteiger partial charge in [-0.25, -0.2) is 0 Å². The van der Waals surface area contributed by atoms with E-state index >= 15 is 0 Å². The minimum atomic E-state index is 0.308. The highest BCUT2D eigenvalue weighted by Gasteiger charge is 2.31. The molecule has 0 aromatic heterocycles. The number of nitrogens with one attached hydrogen (secondary N) is 1. The van der Waals surface area contributed by atoms with Crippen LogP contribution in [0.2, 0.25) is 0 Å². The maximum Gasteiger partial charge on any atom is 0.0716 e. The van der Waals surface area contributed by atoms with Crippen molar-refractivity contribution in [1.82, 2.24) is 0 Å². The first-order valence-corrected chi connectivity index (χ1v) is 11.4. The third kappa shape index (κ3) is 6.11. The van der Waals surface area contributed by atoms with E-state index in [2.05, 4.69) is 59.9 Å². The summed E-state index contributed by atoms with van der Waals surface area (Å²) in [5.74, 6) is 2.90. The quantitative estimate of drug-likeness (QED) is 0.333.